The summed E-state index contributed by atoms with van der Waals surface area (Å²) in [5, 5.41) is 10.1. The molecule has 0 aliphatic heterocycles. The lowest BCUT2D eigenvalue weighted by molar-refractivity contribution is 0.795. The first kappa shape index (κ1) is 40.3. The van der Waals surface area contributed by atoms with Crippen LogP contribution in [-0.4, -0.2) is 0 Å². The van der Waals surface area contributed by atoms with Crippen molar-refractivity contribution in [3.8, 4) is 44.5 Å². The number of hydrogen-bond donors (Lipinski definition) is 0. The first-order valence-electron chi connectivity index (χ1n) is 26.1. The van der Waals surface area contributed by atoms with Gasteiger partial charge < -0.3 is 4.90 Å². The maximum absolute atomic E-state index is 2.54. The Labute approximate surface area is 429 Å². The number of fused-ring (bicyclic) bond motifs is 26. The van der Waals surface area contributed by atoms with Gasteiger partial charge in [0.25, 0.3) is 0 Å². The fraction of sp³-hybridized carbons (Fsp3) is 0.0411. The first-order valence-corrected chi connectivity index (χ1v) is 26.1. The van der Waals surface area contributed by atoms with E-state index in [0.717, 1.165) is 17.1 Å². The van der Waals surface area contributed by atoms with Gasteiger partial charge in [0, 0.05) is 17.1 Å². The largest absolute Gasteiger partial charge is 0.310 e. The molecule has 13 aromatic rings. The Morgan fingerprint density at radius 1 is 0.243 bits per heavy atom. The van der Waals surface area contributed by atoms with Crippen LogP contribution < -0.4 is 4.90 Å². The van der Waals surface area contributed by atoms with E-state index in [9.17, 15) is 0 Å². The molecule has 0 N–H and O–H groups in total. The number of hydrogen-bond acceptors (Lipinski definition) is 1. The highest BCUT2D eigenvalue weighted by atomic mass is 15.1. The molecular formula is C73H45N. The summed E-state index contributed by atoms with van der Waals surface area (Å²) in [5.74, 6) is 0. The molecule has 2 spiro atoms. The van der Waals surface area contributed by atoms with Crippen LogP contribution in [-0.2, 0) is 10.8 Å². The number of rotatable bonds is 3. The van der Waals surface area contributed by atoms with Gasteiger partial charge in [-0.1, -0.05) is 200 Å². The van der Waals surface area contributed by atoms with E-state index in [0.29, 0.717) is 0 Å². The second kappa shape index (κ2) is 14.4. The Kier molecular flexibility index (Phi) is 7.87. The lowest BCUT2D eigenvalue weighted by Gasteiger charge is -2.31. The molecule has 4 aliphatic carbocycles. The summed E-state index contributed by atoms with van der Waals surface area (Å²) in [4.78, 5) is 2.47. The maximum atomic E-state index is 2.54. The Morgan fingerprint density at radius 3 is 1.04 bits per heavy atom. The minimum absolute atomic E-state index is 0.453. The van der Waals surface area contributed by atoms with Gasteiger partial charge >= 0.3 is 0 Å². The minimum Gasteiger partial charge on any atom is -0.310 e. The summed E-state index contributed by atoms with van der Waals surface area (Å²) >= 11 is 0. The first-order chi connectivity index (χ1) is 36.6. The van der Waals surface area contributed by atoms with E-state index in [1.807, 2.05) is 0 Å². The number of benzene rings is 13. The van der Waals surface area contributed by atoms with E-state index in [4.69, 9.17) is 0 Å². The molecule has 1 nitrogen and oxygen atoms in total. The van der Waals surface area contributed by atoms with Crippen LogP contribution in [0.5, 0.6) is 0 Å². The van der Waals surface area contributed by atoms with Crippen molar-refractivity contribution in [1.82, 2.24) is 0 Å². The Morgan fingerprint density at radius 2 is 0.608 bits per heavy atom. The third-order valence-electron chi connectivity index (χ3n) is 17.6. The zero-order valence-electron chi connectivity index (χ0n) is 40.7. The summed E-state index contributed by atoms with van der Waals surface area (Å²) < 4.78 is 0. The van der Waals surface area contributed by atoms with Crippen LogP contribution in [0, 0.1) is 6.92 Å². The van der Waals surface area contributed by atoms with Gasteiger partial charge in [0.2, 0.25) is 0 Å². The Balaban J connectivity index is 0.893. The molecule has 0 aromatic heterocycles. The van der Waals surface area contributed by atoms with E-state index in [2.05, 4.69) is 267 Å². The van der Waals surface area contributed by atoms with Crippen LogP contribution in [0.25, 0.3) is 87.6 Å². The molecule has 74 heavy (non-hydrogen) atoms. The van der Waals surface area contributed by atoms with Gasteiger partial charge in [0.05, 0.1) is 10.8 Å². The van der Waals surface area contributed by atoms with Gasteiger partial charge in [-0.2, -0.15) is 0 Å². The van der Waals surface area contributed by atoms with Crippen molar-refractivity contribution < 1.29 is 0 Å². The lowest BCUT2D eigenvalue weighted by Crippen LogP contribution is -2.25. The molecule has 17 rings (SSSR count). The minimum atomic E-state index is -0.453. The van der Waals surface area contributed by atoms with Crippen molar-refractivity contribution >= 4 is 60.2 Å². The van der Waals surface area contributed by atoms with Gasteiger partial charge in [-0.25, -0.2) is 0 Å². The Hall–Kier alpha value is -9.30. The normalized spacial score (nSPS) is 14.2. The Bertz CT molecular complexity index is 4260. The number of aryl methyl sites for hydroxylation is 1. The predicted molar refractivity (Wildman–Crippen MR) is 308 cm³/mol. The highest BCUT2D eigenvalue weighted by Gasteiger charge is 2.53. The second-order valence-corrected chi connectivity index (χ2v) is 21.1. The van der Waals surface area contributed by atoms with E-state index in [1.54, 1.807) is 0 Å². The van der Waals surface area contributed by atoms with Gasteiger partial charge in [-0.05, 0) is 200 Å². The molecule has 0 amide bonds. The average molecular weight is 936 g/mol. The summed E-state index contributed by atoms with van der Waals surface area (Å²) in [7, 11) is 0. The second-order valence-electron chi connectivity index (χ2n) is 21.1. The molecule has 0 unspecified atom stereocenters. The number of nitrogens with zero attached hydrogens (tertiary/aromatic N) is 1. The molecule has 0 fully saturated rings. The van der Waals surface area contributed by atoms with E-state index in [1.165, 1.54) is 138 Å². The number of anilines is 3. The third kappa shape index (κ3) is 4.99. The van der Waals surface area contributed by atoms with Gasteiger partial charge in [0.15, 0.2) is 0 Å². The molecule has 1 heteroatoms. The van der Waals surface area contributed by atoms with Crippen LogP contribution in [0.15, 0.2) is 255 Å². The van der Waals surface area contributed by atoms with Crippen LogP contribution in [0.2, 0.25) is 0 Å². The van der Waals surface area contributed by atoms with Crippen LogP contribution >= 0.6 is 0 Å². The molecule has 0 saturated heterocycles. The summed E-state index contributed by atoms with van der Waals surface area (Å²) in [6, 6.07) is 97.3. The van der Waals surface area contributed by atoms with E-state index < -0.39 is 10.8 Å². The quantitative estimate of drug-likeness (QED) is 0.171. The van der Waals surface area contributed by atoms with Crippen molar-refractivity contribution in [3.63, 3.8) is 0 Å². The summed E-state index contributed by atoms with van der Waals surface area (Å²) in [6.07, 6.45) is 0. The van der Waals surface area contributed by atoms with Gasteiger partial charge in [0.1, 0.15) is 0 Å². The molecule has 0 radical (unpaired) electrons. The summed E-state index contributed by atoms with van der Waals surface area (Å²) in [5.41, 5.74) is 25.2. The molecular weight excluding hydrogens is 891 g/mol. The SMILES string of the molecule is Cc1ccc(N(c2ccc3cc4c(cc3c2)C2(c3ccccc3-c3ccccc32)c2ccc3ccccc3c2-4)c2ccc3cc4c(cc3c2)C2(c3ccccc3-c3ccccc32)c2ccc3ccccc3c2-4)cc1. The molecule has 4 aliphatic rings. The van der Waals surface area contributed by atoms with Crippen LogP contribution in [0.1, 0.15) is 50.1 Å². The van der Waals surface area contributed by atoms with Crippen molar-refractivity contribution in [2.75, 3.05) is 4.90 Å². The average Bonchev–Trinajstić information content (AvgIpc) is 4.14. The van der Waals surface area contributed by atoms with Crippen molar-refractivity contribution in [2.45, 2.75) is 17.8 Å². The van der Waals surface area contributed by atoms with Crippen molar-refractivity contribution in [3.05, 3.63) is 305 Å². The fourth-order valence-corrected chi connectivity index (χ4v) is 14.7. The van der Waals surface area contributed by atoms with Crippen molar-refractivity contribution in [2.24, 2.45) is 0 Å². The van der Waals surface area contributed by atoms with E-state index in [-0.39, 0.29) is 0 Å². The molecule has 0 bridgehead atoms. The maximum Gasteiger partial charge on any atom is 0.0725 e. The molecule has 0 saturated carbocycles. The highest BCUT2D eigenvalue weighted by Crippen LogP contribution is 2.66. The lowest BCUT2D eigenvalue weighted by atomic mass is 9.70. The van der Waals surface area contributed by atoms with E-state index >= 15 is 0 Å². The smallest absolute Gasteiger partial charge is 0.0725 e. The van der Waals surface area contributed by atoms with Crippen molar-refractivity contribution in [1.29, 1.82) is 0 Å². The topological polar surface area (TPSA) is 3.24 Å². The predicted octanol–water partition coefficient (Wildman–Crippen LogP) is 18.8. The molecule has 13 aromatic carbocycles. The molecule has 342 valence electrons. The summed E-state index contributed by atoms with van der Waals surface area (Å²) in [6.45, 7) is 2.17. The van der Waals surface area contributed by atoms with Crippen LogP contribution in [0.4, 0.5) is 17.1 Å². The highest BCUT2D eigenvalue weighted by molar-refractivity contribution is 6.11. The van der Waals surface area contributed by atoms with Gasteiger partial charge in [-0.15, -0.1) is 0 Å². The monoisotopic (exact) mass is 935 g/mol. The van der Waals surface area contributed by atoms with Crippen LogP contribution in [0.3, 0.4) is 0 Å². The molecule has 0 heterocycles. The molecule has 0 atom stereocenters. The zero-order chi connectivity index (χ0) is 48.4. The fourth-order valence-electron chi connectivity index (χ4n) is 14.7. The standard InChI is InChI=1S/C73H45N/c1-44-26-32-51(33-27-44)74(52-34-28-47-40-60-68(42-49(47)38-52)72(66-36-30-45-14-2-4-16-54(45)70(60)66)62-22-10-6-18-56(62)57-19-7-11-23-63(57)72)53-35-29-48-41-61-69(43-50(48)39-53)73(67-37-31-46-15-3-5-17-55(46)71(61)67)64-24-12-8-20-58(64)59-21-9-13-25-65(59)73/h2-43H,1H3. The third-order valence-corrected chi connectivity index (χ3v) is 17.6. The zero-order valence-corrected chi connectivity index (χ0v) is 40.7. The van der Waals surface area contributed by atoms with Gasteiger partial charge in [-0.3, -0.25) is 0 Å².